The number of likely N-dealkylation sites (tertiary alicyclic amines) is 1. The molecule has 4 rings (SSSR count). The van der Waals surface area contributed by atoms with Gasteiger partial charge in [-0.1, -0.05) is 30.3 Å². The van der Waals surface area contributed by atoms with Gasteiger partial charge in [0.15, 0.2) is 0 Å². The summed E-state index contributed by atoms with van der Waals surface area (Å²) >= 11 is 1.64. The zero-order valence-corrected chi connectivity index (χ0v) is 14.4. The van der Waals surface area contributed by atoms with Crippen LogP contribution < -0.4 is 0 Å². The molecule has 0 spiro atoms. The number of aromatic nitrogens is 1. The quantitative estimate of drug-likeness (QED) is 0.634. The van der Waals surface area contributed by atoms with Crippen LogP contribution in [-0.4, -0.2) is 22.3 Å². The fraction of sp³-hybridized carbons (Fsp3) is 0.200. The Kier molecular flexibility index (Phi) is 4.32. The van der Waals surface area contributed by atoms with Crippen LogP contribution in [0.4, 0.5) is 4.39 Å². The number of hydrogen-bond donors (Lipinski definition) is 0. The van der Waals surface area contributed by atoms with E-state index in [0.717, 1.165) is 28.1 Å². The number of benzene rings is 2. The Labute approximate surface area is 149 Å². The summed E-state index contributed by atoms with van der Waals surface area (Å²) in [7, 11) is 0. The maximum atomic E-state index is 13.7. The van der Waals surface area contributed by atoms with Crippen molar-refractivity contribution in [2.24, 2.45) is 0 Å². The van der Waals surface area contributed by atoms with Crippen molar-refractivity contribution in [3.05, 3.63) is 71.0 Å². The predicted octanol–water partition coefficient (Wildman–Crippen LogP) is 4.81. The highest BCUT2D eigenvalue weighted by atomic mass is 32.1. The van der Waals surface area contributed by atoms with E-state index < -0.39 is 0 Å². The molecule has 0 saturated carbocycles. The SMILES string of the molecule is O=C(/C=C/c1ccccc1F)N1CCCC1c1nc2ccccc2s1. The molecule has 5 heteroatoms. The highest BCUT2D eigenvalue weighted by Crippen LogP contribution is 2.36. The minimum absolute atomic E-state index is 0.00942. The Morgan fingerprint density at radius 1 is 1.20 bits per heavy atom. The van der Waals surface area contributed by atoms with Crippen LogP contribution in [-0.2, 0) is 4.79 Å². The molecule has 3 nitrogen and oxygen atoms in total. The first-order valence-electron chi connectivity index (χ1n) is 8.31. The number of hydrogen-bond acceptors (Lipinski definition) is 3. The third-order valence-corrected chi connectivity index (χ3v) is 5.58. The zero-order valence-electron chi connectivity index (χ0n) is 13.6. The Morgan fingerprint density at radius 3 is 2.84 bits per heavy atom. The summed E-state index contributed by atoms with van der Waals surface area (Å²) in [5.41, 5.74) is 1.40. The van der Waals surface area contributed by atoms with E-state index in [9.17, 15) is 9.18 Å². The number of carbonyl (C=O) groups excluding carboxylic acids is 1. The molecule has 2 heterocycles. The fourth-order valence-electron chi connectivity index (χ4n) is 3.19. The fourth-order valence-corrected chi connectivity index (χ4v) is 4.30. The van der Waals surface area contributed by atoms with Crippen LogP contribution in [0.1, 0.15) is 29.5 Å². The number of nitrogens with zero attached hydrogens (tertiary/aromatic N) is 2. The van der Waals surface area contributed by atoms with Gasteiger partial charge in [0, 0.05) is 18.2 Å². The predicted molar refractivity (Wildman–Crippen MR) is 98.7 cm³/mol. The first-order chi connectivity index (χ1) is 12.2. The molecule has 1 unspecified atom stereocenters. The highest BCUT2D eigenvalue weighted by molar-refractivity contribution is 7.18. The zero-order chi connectivity index (χ0) is 17.2. The van der Waals surface area contributed by atoms with E-state index in [1.807, 2.05) is 23.1 Å². The van der Waals surface area contributed by atoms with Crippen molar-refractivity contribution < 1.29 is 9.18 Å². The lowest BCUT2D eigenvalue weighted by Crippen LogP contribution is -2.28. The number of thiazole rings is 1. The van der Waals surface area contributed by atoms with Crippen LogP contribution in [0.3, 0.4) is 0 Å². The van der Waals surface area contributed by atoms with Crippen molar-refractivity contribution in [2.45, 2.75) is 18.9 Å². The van der Waals surface area contributed by atoms with Crippen molar-refractivity contribution in [1.29, 1.82) is 0 Å². The number of halogens is 1. The Morgan fingerprint density at radius 2 is 2.00 bits per heavy atom. The first kappa shape index (κ1) is 16.0. The van der Waals surface area contributed by atoms with Crippen molar-refractivity contribution in [2.75, 3.05) is 6.54 Å². The standard InChI is InChI=1S/C20H17FN2OS/c21-15-7-2-1-6-14(15)11-12-19(24)23-13-5-9-17(23)20-22-16-8-3-4-10-18(16)25-20/h1-4,6-8,10-12,17H,5,9,13H2/b12-11+. The molecule has 0 N–H and O–H groups in total. The van der Waals surface area contributed by atoms with E-state index >= 15 is 0 Å². The van der Waals surface area contributed by atoms with Crippen molar-refractivity contribution in [1.82, 2.24) is 9.88 Å². The topological polar surface area (TPSA) is 33.2 Å². The third kappa shape index (κ3) is 3.20. The normalized spacial score (nSPS) is 17.6. The Balaban J connectivity index is 1.56. The van der Waals surface area contributed by atoms with Gasteiger partial charge in [0.05, 0.1) is 16.3 Å². The maximum absolute atomic E-state index is 13.7. The molecule has 1 amide bonds. The van der Waals surface area contributed by atoms with Gasteiger partial charge in [0.2, 0.25) is 5.91 Å². The van der Waals surface area contributed by atoms with Crippen LogP contribution in [0.2, 0.25) is 0 Å². The second-order valence-electron chi connectivity index (χ2n) is 6.06. The molecule has 0 bridgehead atoms. The molecule has 3 aromatic rings. The smallest absolute Gasteiger partial charge is 0.247 e. The lowest BCUT2D eigenvalue weighted by molar-refractivity contribution is -0.126. The van der Waals surface area contributed by atoms with E-state index in [1.54, 1.807) is 35.6 Å². The Hall–Kier alpha value is -2.53. The minimum atomic E-state index is -0.323. The summed E-state index contributed by atoms with van der Waals surface area (Å²) in [6.45, 7) is 0.709. The molecule has 0 radical (unpaired) electrons. The maximum Gasteiger partial charge on any atom is 0.247 e. The molecule has 1 aromatic heterocycles. The van der Waals surface area contributed by atoms with Crippen LogP contribution in [0.15, 0.2) is 54.6 Å². The van der Waals surface area contributed by atoms with E-state index in [-0.39, 0.29) is 17.8 Å². The number of para-hydroxylation sites is 1. The summed E-state index contributed by atoms with van der Waals surface area (Å²) in [6.07, 6.45) is 4.88. The molecule has 1 aliphatic heterocycles. The number of amides is 1. The molecule has 25 heavy (non-hydrogen) atoms. The molecule has 2 aromatic carbocycles. The van der Waals surface area contributed by atoms with E-state index in [0.29, 0.717) is 12.1 Å². The summed E-state index contributed by atoms with van der Waals surface area (Å²) in [5.74, 6) is -0.416. The number of rotatable bonds is 3. The summed E-state index contributed by atoms with van der Waals surface area (Å²) in [5, 5.41) is 0.978. The highest BCUT2D eigenvalue weighted by Gasteiger charge is 2.31. The first-order valence-corrected chi connectivity index (χ1v) is 9.13. The van der Waals surface area contributed by atoms with Crippen molar-refractivity contribution in [3.63, 3.8) is 0 Å². The monoisotopic (exact) mass is 352 g/mol. The van der Waals surface area contributed by atoms with E-state index in [4.69, 9.17) is 4.98 Å². The van der Waals surface area contributed by atoms with E-state index in [1.165, 1.54) is 12.1 Å². The summed E-state index contributed by atoms with van der Waals surface area (Å²) in [6, 6.07) is 14.5. The molecule has 126 valence electrons. The molecule has 1 saturated heterocycles. The molecule has 1 aliphatic rings. The molecule has 1 fully saturated rings. The van der Waals surface area contributed by atoms with Gasteiger partial charge in [-0.05, 0) is 37.1 Å². The third-order valence-electron chi connectivity index (χ3n) is 4.44. The number of fused-ring (bicyclic) bond motifs is 1. The average molecular weight is 352 g/mol. The Bertz CT molecular complexity index is 917. The largest absolute Gasteiger partial charge is 0.330 e. The van der Waals surface area contributed by atoms with E-state index in [2.05, 4.69) is 6.07 Å². The van der Waals surface area contributed by atoms with Gasteiger partial charge in [0.25, 0.3) is 0 Å². The second-order valence-corrected chi connectivity index (χ2v) is 7.13. The van der Waals surface area contributed by atoms with Crippen molar-refractivity contribution in [3.8, 4) is 0 Å². The van der Waals surface area contributed by atoms with Gasteiger partial charge < -0.3 is 4.90 Å². The second kappa shape index (κ2) is 6.76. The molecule has 0 aliphatic carbocycles. The molecular weight excluding hydrogens is 335 g/mol. The lowest BCUT2D eigenvalue weighted by atomic mass is 10.2. The lowest BCUT2D eigenvalue weighted by Gasteiger charge is -2.21. The van der Waals surface area contributed by atoms with Gasteiger partial charge >= 0.3 is 0 Å². The van der Waals surface area contributed by atoms with Gasteiger partial charge in [-0.3, -0.25) is 4.79 Å². The van der Waals surface area contributed by atoms with Gasteiger partial charge in [-0.2, -0.15) is 0 Å². The van der Waals surface area contributed by atoms with Crippen LogP contribution >= 0.6 is 11.3 Å². The minimum Gasteiger partial charge on any atom is -0.330 e. The van der Waals surface area contributed by atoms with Gasteiger partial charge in [0.1, 0.15) is 10.8 Å². The van der Waals surface area contributed by atoms with Crippen LogP contribution in [0.25, 0.3) is 16.3 Å². The van der Waals surface area contributed by atoms with Crippen LogP contribution in [0.5, 0.6) is 0 Å². The van der Waals surface area contributed by atoms with Gasteiger partial charge in [-0.25, -0.2) is 9.37 Å². The van der Waals surface area contributed by atoms with Crippen LogP contribution in [0, 0.1) is 5.82 Å². The molecule has 1 atom stereocenters. The molecular formula is C20H17FN2OS. The average Bonchev–Trinajstić information content (AvgIpc) is 3.27. The van der Waals surface area contributed by atoms with Gasteiger partial charge in [-0.15, -0.1) is 11.3 Å². The van der Waals surface area contributed by atoms with Crippen molar-refractivity contribution >= 4 is 33.5 Å². The summed E-state index contributed by atoms with van der Waals surface area (Å²) in [4.78, 5) is 19.2. The summed E-state index contributed by atoms with van der Waals surface area (Å²) < 4.78 is 14.8. The number of carbonyl (C=O) groups is 1.